The molecule has 126 valence electrons. The SMILES string of the molecule is O=C(O)CCC(=O)Nc1ccc(NCCc2ccc(O)cc2)cn1. The average Bonchev–Trinajstić information content (AvgIpc) is 2.56. The molecule has 0 unspecified atom stereocenters. The molecule has 7 nitrogen and oxygen atoms in total. The zero-order chi connectivity index (χ0) is 17.4. The quantitative estimate of drug-likeness (QED) is 0.591. The number of aromatic hydroxyl groups is 1. The molecule has 4 N–H and O–H groups in total. The molecule has 0 aliphatic carbocycles. The summed E-state index contributed by atoms with van der Waals surface area (Å²) in [6.45, 7) is 0.705. The van der Waals surface area contributed by atoms with Gasteiger partial charge in [0.1, 0.15) is 11.6 Å². The molecular weight excluding hydrogens is 310 g/mol. The second-order valence-corrected chi connectivity index (χ2v) is 5.22. The number of benzene rings is 1. The number of amides is 1. The van der Waals surface area contributed by atoms with Crippen LogP contribution in [0.2, 0.25) is 0 Å². The number of pyridine rings is 1. The summed E-state index contributed by atoms with van der Waals surface area (Å²) in [5, 5.41) is 23.5. The number of nitrogens with zero attached hydrogens (tertiary/aromatic N) is 1. The number of carbonyl (C=O) groups is 2. The van der Waals surface area contributed by atoms with E-state index in [4.69, 9.17) is 5.11 Å². The maximum absolute atomic E-state index is 11.5. The Morgan fingerprint density at radius 1 is 1.04 bits per heavy atom. The lowest BCUT2D eigenvalue weighted by molar-refractivity contribution is -0.138. The van der Waals surface area contributed by atoms with E-state index in [1.54, 1.807) is 30.5 Å². The smallest absolute Gasteiger partial charge is 0.303 e. The first-order valence-electron chi connectivity index (χ1n) is 7.52. The molecule has 7 heteroatoms. The van der Waals surface area contributed by atoms with Crippen LogP contribution >= 0.6 is 0 Å². The lowest BCUT2D eigenvalue weighted by Crippen LogP contribution is -2.14. The van der Waals surface area contributed by atoms with Crippen molar-refractivity contribution in [2.24, 2.45) is 0 Å². The number of anilines is 2. The van der Waals surface area contributed by atoms with E-state index in [1.807, 2.05) is 12.1 Å². The van der Waals surface area contributed by atoms with Gasteiger partial charge in [-0.25, -0.2) is 4.98 Å². The third-order valence-electron chi connectivity index (χ3n) is 3.28. The summed E-state index contributed by atoms with van der Waals surface area (Å²) in [4.78, 5) is 26.0. The fourth-order valence-corrected chi connectivity index (χ4v) is 2.01. The van der Waals surface area contributed by atoms with Gasteiger partial charge < -0.3 is 20.8 Å². The highest BCUT2D eigenvalue weighted by molar-refractivity contribution is 5.91. The first-order valence-corrected chi connectivity index (χ1v) is 7.52. The van der Waals surface area contributed by atoms with E-state index >= 15 is 0 Å². The molecule has 2 rings (SSSR count). The number of hydrogen-bond donors (Lipinski definition) is 4. The van der Waals surface area contributed by atoms with Gasteiger partial charge >= 0.3 is 5.97 Å². The second kappa shape index (κ2) is 8.52. The summed E-state index contributed by atoms with van der Waals surface area (Å²) < 4.78 is 0. The lowest BCUT2D eigenvalue weighted by atomic mass is 10.1. The van der Waals surface area contributed by atoms with E-state index in [0.717, 1.165) is 17.7 Å². The number of carboxylic acids is 1. The summed E-state index contributed by atoms with van der Waals surface area (Å²) in [7, 11) is 0. The summed E-state index contributed by atoms with van der Waals surface area (Å²) in [5.41, 5.74) is 1.92. The Kier molecular flexibility index (Phi) is 6.13. The minimum absolute atomic E-state index is 0.0797. The number of carboxylic acid groups (broad SMARTS) is 1. The van der Waals surface area contributed by atoms with Gasteiger partial charge in [0.2, 0.25) is 5.91 Å². The zero-order valence-corrected chi connectivity index (χ0v) is 13.0. The molecule has 1 aromatic carbocycles. The van der Waals surface area contributed by atoms with Gasteiger partial charge in [-0.1, -0.05) is 12.1 Å². The fourth-order valence-electron chi connectivity index (χ4n) is 2.01. The van der Waals surface area contributed by atoms with Crippen LogP contribution in [-0.2, 0) is 16.0 Å². The average molecular weight is 329 g/mol. The standard InChI is InChI=1S/C17H19N3O4/c21-14-4-1-12(2-5-14)9-10-18-13-3-6-15(19-11-13)20-16(22)7-8-17(23)24/h1-6,11,18,21H,7-10H2,(H,23,24)(H,19,20,22). The van der Waals surface area contributed by atoms with Crippen molar-refractivity contribution in [3.63, 3.8) is 0 Å². The molecule has 0 aliphatic rings. The monoisotopic (exact) mass is 329 g/mol. The second-order valence-electron chi connectivity index (χ2n) is 5.22. The Morgan fingerprint density at radius 2 is 1.79 bits per heavy atom. The summed E-state index contributed by atoms with van der Waals surface area (Å²) in [6, 6.07) is 10.5. The number of nitrogens with one attached hydrogen (secondary N) is 2. The summed E-state index contributed by atoms with van der Waals surface area (Å²) >= 11 is 0. The Balaban J connectivity index is 1.76. The van der Waals surface area contributed by atoms with Crippen molar-refractivity contribution in [3.05, 3.63) is 48.2 Å². The van der Waals surface area contributed by atoms with Gasteiger partial charge in [0, 0.05) is 13.0 Å². The Hall–Kier alpha value is -3.09. The molecule has 0 aliphatic heterocycles. The molecule has 0 saturated carbocycles. The van der Waals surface area contributed by atoms with Gasteiger partial charge in [0.25, 0.3) is 0 Å². The molecule has 0 radical (unpaired) electrons. The van der Waals surface area contributed by atoms with Crippen LogP contribution in [0.25, 0.3) is 0 Å². The van der Waals surface area contributed by atoms with Crippen LogP contribution < -0.4 is 10.6 Å². The highest BCUT2D eigenvalue weighted by atomic mass is 16.4. The Morgan fingerprint density at radius 3 is 2.42 bits per heavy atom. The van der Waals surface area contributed by atoms with Crippen molar-refractivity contribution in [1.82, 2.24) is 4.98 Å². The van der Waals surface area contributed by atoms with E-state index in [0.29, 0.717) is 12.4 Å². The van der Waals surface area contributed by atoms with Crippen LogP contribution in [0.5, 0.6) is 5.75 Å². The third-order valence-corrected chi connectivity index (χ3v) is 3.28. The molecule has 0 spiro atoms. The first kappa shape index (κ1) is 17.3. The summed E-state index contributed by atoms with van der Waals surface area (Å²) in [5.74, 6) is -0.754. The minimum Gasteiger partial charge on any atom is -0.508 e. The van der Waals surface area contributed by atoms with Gasteiger partial charge in [-0.15, -0.1) is 0 Å². The molecule has 0 bridgehead atoms. The normalized spacial score (nSPS) is 10.2. The molecule has 0 saturated heterocycles. The van der Waals surface area contributed by atoms with Gasteiger partial charge in [-0.3, -0.25) is 9.59 Å². The molecule has 1 heterocycles. The van der Waals surface area contributed by atoms with E-state index in [1.165, 1.54) is 0 Å². The van der Waals surface area contributed by atoms with E-state index < -0.39 is 5.97 Å². The van der Waals surface area contributed by atoms with Crippen molar-refractivity contribution in [1.29, 1.82) is 0 Å². The minimum atomic E-state index is -1.01. The number of phenols is 1. The number of hydrogen-bond acceptors (Lipinski definition) is 5. The van der Waals surface area contributed by atoms with Crippen LogP contribution in [-0.4, -0.2) is 33.6 Å². The van der Waals surface area contributed by atoms with Crippen LogP contribution in [0, 0.1) is 0 Å². The van der Waals surface area contributed by atoms with Crippen molar-refractivity contribution < 1.29 is 19.8 Å². The van der Waals surface area contributed by atoms with Crippen molar-refractivity contribution in [2.75, 3.05) is 17.2 Å². The number of aromatic nitrogens is 1. The van der Waals surface area contributed by atoms with E-state index in [2.05, 4.69) is 15.6 Å². The largest absolute Gasteiger partial charge is 0.508 e. The fraction of sp³-hybridized carbons (Fsp3) is 0.235. The highest BCUT2D eigenvalue weighted by Crippen LogP contribution is 2.12. The van der Waals surface area contributed by atoms with Gasteiger partial charge in [-0.05, 0) is 36.2 Å². The molecule has 24 heavy (non-hydrogen) atoms. The van der Waals surface area contributed by atoms with Crippen LogP contribution in [0.3, 0.4) is 0 Å². The predicted molar refractivity (Wildman–Crippen MR) is 90.0 cm³/mol. The number of aliphatic carboxylic acids is 1. The lowest BCUT2D eigenvalue weighted by Gasteiger charge is -2.08. The van der Waals surface area contributed by atoms with E-state index in [-0.39, 0.29) is 24.5 Å². The summed E-state index contributed by atoms with van der Waals surface area (Å²) in [6.07, 6.45) is 2.12. The first-order chi connectivity index (χ1) is 11.5. The highest BCUT2D eigenvalue weighted by Gasteiger charge is 2.06. The maximum Gasteiger partial charge on any atom is 0.303 e. The number of carbonyl (C=O) groups excluding carboxylic acids is 1. The van der Waals surface area contributed by atoms with Crippen molar-refractivity contribution >= 4 is 23.4 Å². The van der Waals surface area contributed by atoms with E-state index in [9.17, 15) is 14.7 Å². The molecule has 0 fully saturated rings. The number of rotatable bonds is 8. The zero-order valence-electron chi connectivity index (χ0n) is 13.0. The molecule has 2 aromatic rings. The van der Waals surface area contributed by atoms with Gasteiger partial charge in [0.15, 0.2) is 0 Å². The Labute approximate surface area is 139 Å². The van der Waals surface area contributed by atoms with Crippen LogP contribution in [0.4, 0.5) is 11.5 Å². The third kappa shape index (κ3) is 5.96. The molecule has 1 aromatic heterocycles. The van der Waals surface area contributed by atoms with Crippen molar-refractivity contribution in [2.45, 2.75) is 19.3 Å². The number of phenolic OH excluding ortho intramolecular Hbond substituents is 1. The van der Waals surface area contributed by atoms with Gasteiger partial charge in [-0.2, -0.15) is 0 Å². The molecule has 1 amide bonds. The van der Waals surface area contributed by atoms with Crippen molar-refractivity contribution in [3.8, 4) is 5.75 Å². The maximum atomic E-state index is 11.5. The predicted octanol–water partition coefficient (Wildman–Crippen LogP) is 2.25. The molecule has 0 atom stereocenters. The topological polar surface area (TPSA) is 112 Å². The van der Waals surface area contributed by atoms with Crippen LogP contribution in [0.15, 0.2) is 42.6 Å². The Bertz CT molecular complexity index is 684. The van der Waals surface area contributed by atoms with Gasteiger partial charge in [0.05, 0.1) is 18.3 Å². The molecular formula is C17H19N3O4. The van der Waals surface area contributed by atoms with Crippen LogP contribution in [0.1, 0.15) is 18.4 Å².